The van der Waals surface area contributed by atoms with E-state index in [-0.39, 0.29) is 11.7 Å². The van der Waals surface area contributed by atoms with E-state index in [0.717, 1.165) is 24.0 Å². The number of allylic oxidation sites excluding steroid dienone is 2. The zero-order valence-electron chi connectivity index (χ0n) is 9.64. The summed E-state index contributed by atoms with van der Waals surface area (Å²) < 4.78 is 4.70. The van der Waals surface area contributed by atoms with Crippen LogP contribution in [0.3, 0.4) is 0 Å². The molecule has 0 saturated heterocycles. The molecule has 1 aliphatic rings. The van der Waals surface area contributed by atoms with Gasteiger partial charge in [-0.1, -0.05) is 18.2 Å². The van der Waals surface area contributed by atoms with Crippen molar-refractivity contribution in [2.75, 3.05) is 7.11 Å². The number of phenols is 1. The van der Waals surface area contributed by atoms with Gasteiger partial charge in [0.15, 0.2) is 0 Å². The third-order valence-electron chi connectivity index (χ3n) is 2.75. The number of esters is 1. The van der Waals surface area contributed by atoms with Gasteiger partial charge in [0.05, 0.1) is 12.7 Å². The summed E-state index contributed by atoms with van der Waals surface area (Å²) >= 11 is 0. The molecule has 2 rings (SSSR count). The number of benzene rings is 1. The summed E-state index contributed by atoms with van der Waals surface area (Å²) in [7, 11) is 1.37. The summed E-state index contributed by atoms with van der Waals surface area (Å²) in [6.45, 7) is 0. The molecule has 0 saturated carbocycles. The topological polar surface area (TPSA) is 46.5 Å². The molecule has 0 aliphatic heterocycles. The SMILES string of the molecule is COC(=O)C1=CCCC(c2cccc(O)c2)=C1. The minimum atomic E-state index is -0.317. The number of carbonyl (C=O) groups is 1. The molecule has 3 nitrogen and oxygen atoms in total. The number of methoxy groups -OCH3 is 1. The van der Waals surface area contributed by atoms with E-state index in [1.54, 1.807) is 18.2 Å². The Morgan fingerprint density at radius 1 is 1.41 bits per heavy atom. The van der Waals surface area contributed by atoms with E-state index in [9.17, 15) is 9.90 Å². The first-order valence-electron chi connectivity index (χ1n) is 5.49. The molecule has 1 aromatic carbocycles. The minimum absolute atomic E-state index is 0.234. The number of hydrogen-bond donors (Lipinski definition) is 1. The van der Waals surface area contributed by atoms with Crippen LogP contribution in [0.25, 0.3) is 5.57 Å². The maximum Gasteiger partial charge on any atom is 0.337 e. The van der Waals surface area contributed by atoms with Crippen LogP contribution in [0.2, 0.25) is 0 Å². The fourth-order valence-corrected chi connectivity index (χ4v) is 1.90. The molecular weight excluding hydrogens is 216 g/mol. The van der Waals surface area contributed by atoms with Crippen LogP contribution in [0.5, 0.6) is 5.75 Å². The van der Waals surface area contributed by atoms with Crippen molar-refractivity contribution in [2.45, 2.75) is 12.8 Å². The van der Waals surface area contributed by atoms with Gasteiger partial charge in [-0.15, -0.1) is 0 Å². The van der Waals surface area contributed by atoms with Crippen LogP contribution in [-0.2, 0) is 9.53 Å². The van der Waals surface area contributed by atoms with Crippen LogP contribution in [0.4, 0.5) is 0 Å². The molecule has 0 heterocycles. The van der Waals surface area contributed by atoms with Gasteiger partial charge in [-0.05, 0) is 42.2 Å². The zero-order chi connectivity index (χ0) is 12.3. The number of hydrogen-bond acceptors (Lipinski definition) is 3. The first kappa shape index (κ1) is 11.5. The highest BCUT2D eigenvalue weighted by Gasteiger charge is 2.13. The monoisotopic (exact) mass is 230 g/mol. The largest absolute Gasteiger partial charge is 0.508 e. The molecule has 1 aromatic rings. The Morgan fingerprint density at radius 3 is 2.94 bits per heavy atom. The van der Waals surface area contributed by atoms with Gasteiger partial charge < -0.3 is 9.84 Å². The predicted octanol–water partition coefficient (Wildman–Crippen LogP) is 2.67. The maximum atomic E-state index is 11.4. The van der Waals surface area contributed by atoms with Crippen LogP contribution in [-0.4, -0.2) is 18.2 Å². The van der Waals surface area contributed by atoms with Gasteiger partial charge in [-0.2, -0.15) is 0 Å². The molecule has 0 radical (unpaired) electrons. The Bertz CT molecular complexity index is 498. The second-order valence-corrected chi connectivity index (χ2v) is 3.91. The fraction of sp³-hybridized carbons (Fsp3) is 0.214. The van der Waals surface area contributed by atoms with Gasteiger partial charge in [0.2, 0.25) is 0 Å². The van der Waals surface area contributed by atoms with E-state index in [2.05, 4.69) is 0 Å². The van der Waals surface area contributed by atoms with Gasteiger partial charge in [-0.25, -0.2) is 4.79 Å². The lowest BCUT2D eigenvalue weighted by molar-refractivity contribution is -0.135. The maximum absolute atomic E-state index is 11.4. The van der Waals surface area contributed by atoms with Crippen LogP contribution in [0.15, 0.2) is 42.0 Å². The zero-order valence-corrected chi connectivity index (χ0v) is 9.64. The number of rotatable bonds is 2. The number of carbonyl (C=O) groups excluding carboxylic acids is 1. The van der Waals surface area contributed by atoms with Crippen molar-refractivity contribution in [3.05, 3.63) is 47.6 Å². The molecule has 0 fully saturated rings. The van der Waals surface area contributed by atoms with Crippen molar-refractivity contribution < 1.29 is 14.6 Å². The minimum Gasteiger partial charge on any atom is -0.508 e. The Labute approximate surface area is 100 Å². The van der Waals surface area contributed by atoms with Crippen LogP contribution in [0, 0.1) is 0 Å². The highest BCUT2D eigenvalue weighted by atomic mass is 16.5. The van der Waals surface area contributed by atoms with Crippen LogP contribution >= 0.6 is 0 Å². The fourth-order valence-electron chi connectivity index (χ4n) is 1.90. The molecule has 0 bridgehead atoms. The normalized spacial score (nSPS) is 14.9. The highest BCUT2D eigenvalue weighted by Crippen LogP contribution is 2.28. The Kier molecular flexibility index (Phi) is 3.28. The van der Waals surface area contributed by atoms with E-state index < -0.39 is 0 Å². The molecule has 1 aliphatic carbocycles. The van der Waals surface area contributed by atoms with E-state index in [0.29, 0.717) is 5.57 Å². The molecule has 0 aromatic heterocycles. The third-order valence-corrected chi connectivity index (χ3v) is 2.75. The Morgan fingerprint density at radius 2 is 2.24 bits per heavy atom. The third kappa shape index (κ3) is 2.56. The first-order chi connectivity index (χ1) is 8.20. The summed E-state index contributed by atoms with van der Waals surface area (Å²) in [6, 6.07) is 7.05. The van der Waals surface area contributed by atoms with E-state index >= 15 is 0 Å². The average Bonchev–Trinajstić information content (AvgIpc) is 2.38. The second kappa shape index (κ2) is 4.87. The lowest BCUT2D eigenvalue weighted by atomic mass is 9.93. The van der Waals surface area contributed by atoms with Gasteiger partial charge in [0, 0.05) is 0 Å². The Balaban J connectivity index is 2.31. The van der Waals surface area contributed by atoms with Crippen molar-refractivity contribution in [3.63, 3.8) is 0 Å². The standard InChI is InChI=1S/C14H14O3/c1-17-14(16)12-6-2-4-10(8-12)11-5-3-7-13(15)9-11/h3,5-9,15H,2,4H2,1H3. The number of ether oxygens (including phenoxy) is 1. The van der Waals surface area contributed by atoms with E-state index in [1.165, 1.54) is 7.11 Å². The van der Waals surface area contributed by atoms with Crippen LogP contribution < -0.4 is 0 Å². The lowest BCUT2D eigenvalue weighted by Crippen LogP contribution is -2.05. The van der Waals surface area contributed by atoms with Crippen molar-refractivity contribution in [3.8, 4) is 5.75 Å². The smallest absolute Gasteiger partial charge is 0.337 e. The van der Waals surface area contributed by atoms with Crippen LogP contribution in [0.1, 0.15) is 18.4 Å². The molecule has 0 atom stereocenters. The van der Waals surface area contributed by atoms with Gasteiger partial charge in [-0.3, -0.25) is 0 Å². The van der Waals surface area contributed by atoms with Gasteiger partial charge in [0.1, 0.15) is 5.75 Å². The molecule has 88 valence electrons. The van der Waals surface area contributed by atoms with Crippen molar-refractivity contribution in [2.24, 2.45) is 0 Å². The molecule has 17 heavy (non-hydrogen) atoms. The predicted molar refractivity (Wildman–Crippen MR) is 65.4 cm³/mol. The molecular formula is C14H14O3. The molecule has 0 unspecified atom stereocenters. The summed E-state index contributed by atoms with van der Waals surface area (Å²) in [4.78, 5) is 11.4. The number of phenolic OH excluding ortho intramolecular Hbond substituents is 1. The molecule has 0 amide bonds. The summed E-state index contributed by atoms with van der Waals surface area (Å²) in [5.74, 6) is -0.0834. The highest BCUT2D eigenvalue weighted by molar-refractivity contribution is 5.94. The Hall–Kier alpha value is -2.03. The lowest BCUT2D eigenvalue weighted by Gasteiger charge is -2.13. The quantitative estimate of drug-likeness (QED) is 0.794. The first-order valence-corrected chi connectivity index (χ1v) is 5.49. The van der Waals surface area contributed by atoms with E-state index in [1.807, 2.05) is 18.2 Å². The number of aromatic hydroxyl groups is 1. The molecule has 3 heteroatoms. The summed E-state index contributed by atoms with van der Waals surface area (Å²) in [5.41, 5.74) is 2.57. The van der Waals surface area contributed by atoms with E-state index in [4.69, 9.17) is 4.74 Å². The average molecular weight is 230 g/mol. The van der Waals surface area contributed by atoms with Gasteiger partial charge >= 0.3 is 5.97 Å². The molecule has 1 N–H and O–H groups in total. The second-order valence-electron chi connectivity index (χ2n) is 3.91. The summed E-state index contributed by atoms with van der Waals surface area (Å²) in [5, 5.41) is 9.43. The van der Waals surface area contributed by atoms with Crippen molar-refractivity contribution in [1.82, 2.24) is 0 Å². The van der Waals surface area contributed by atoms with Crippen molar-refractivity contribution >= 4 is 11.5 Å². The van der Waals surface area contributed by atoms with Crippen molar-refractivity contribution in [1.29, 1.82) is 0 Å². The molecule has 0 spiro atoms. The van der Waals surface area contributed by atoms with Gasteiger partial charge in [0.25, 0.3) is 0 Å². The summed E-state index contributed by atoms with van der Waals surface area (Å²) in [6.07, 6.45) is 5.37.